The van der Waals surface area contributed by atoms with Gasteiger partial charge < -0.3 is 10.1 Å². The van der Waals surface area contributed by atoms with E-state index in [1.807, 2.05) is 0 Å². The lowest BCUT2D eigenvalue weighted by Gasteiger charge is -2.24. The van der Waals surface area contributed by atoms with Gasteiger partial charge in [-0.25, -0.2) is 23.4 Å². The highest BCUT2D eigenvalue weighted by Crippen LogP contribution is 2.36. The highest BCUT2D eigenvalue weighted by Gasteiger charge is 2.37. The van der Waals surface area contributed by atoms with Crippen molar-refractivity contribution in [3.63, 3.8) is 0 Å². The van der Waals surface area contributed by atoms with Crippen molar-refractivity contribution >= 4 is 21.8 Å². The van der Waals surface area contributed by atoms with Crippen LogP contribution >= 0.6 is 0 Å². The van der Waals surface area contributed by atoms with Gasteiger partial charge in [0.05, 0.1) is 36.1 Å². The third-order valence-electron chi connectivity index (χ3n) is 4.67. The summed E-state index contributed by atoms with van der Waals surface area (Å²) in [5, 5.41) is 2.99. The number of anilines is 2. The van der Waals surface area contributed by atoms with E-state index in [9.17, 15) is 8.42 Å². The zero-order chi connectivity index (χ0) is 20.3. The number of hydrogen-bond acceptors (Lipinski definition) is 8. The molecule has 1 atom stereocenters. The quantitative estimate of drug-likeness (QED) is 0.658. The molecule has 0 unspecified atom stereocenters. The minimum absolute atomic E-state index is 0.227. The molecule has 0 aliphatic carbocycles. The van der Waals surface area contributed by atoms with Crippen LogP contribution in [0.4, 0.5) is 11.8 Å². The van der Waals surface area contributed by atoms with Gasteiger partial charge in [0, 0.05) is 18.9 Å². The van der Waals surface area contributed by atoms with Gasteiger partial charge in [-0.3, -0.25) is 4.98 Å². The van der Waals surface area contributed by atoms with Crippen molar-refractivity contribution in [3.05, 3.63) is 60.8 Å². The monoisotopic (exact) mass is 412 g/mol. The molecule has 1 N–H and O–H groups in total. The SMILES string of the molecule is COc1ccc(S(=O)(=O)N2CCC[C@@H]2c2cncc(Nc3ncccn3)n2)cc1. The van der Waals surface area contributed by atoms with Crippen molar-refractivity contribution in [2.24, 2.45) is 0 Å². The Kier molecular flexibility index (Phi) is 5.36. The zero-order valence-electron chi connectivity index (χ0n) is 15.8. The number of hydrogen-bond donors (Lipinski definition) is 1. The molecule has 2 aromatic heterocycles. The Morgan fingerprint density at radius 2 is 1.90 bits per heavy atom. The molecule has 0 spiro atoms. The van der Waals surface area contributed by atoms with E-state index in [4.69, 9.17) is 4.74 Å². The third-order valence-corrected chi connectivity index (χ3v) is 6.59. The van der Waals surface area contributed by atoms with E-state index in [0.717, 1.165) is 6.42 Å². The molecule has 1 aliphatic heterocycles. The molecule has 1 aromatic carbocycles. The van der Waals surface area contributed by atoms with E-state index in [1.165, 1.54) is 4.31 Å². The minimum Gasteiger partial charge on any atom is -0.497 e. The van der Waals surface area contributed by atoms with Crippen LogP contribution in [0.15, 0.2) is 60.0 Å². The van der Waals surface area contributed by atoms with Crippen LogP contribution in [-0.2, 0) is 10.0 Å². The molecule has 0 saturated carbocycles. The smallest absolute Gasteiger partial charge is 0.243 e. The largest absolute Gasteiger partial charge is 0.497 e. The standard InChI is InChI=1S/C19H20N6O3S/c1-28-14-5-7-15(8-6-14)29(26,27)25-11-2-4-17(25)16-12-20-13-18(23-16)24-19-21-9-3-10-22-19/h3,5-10,12-13,17H,2,4,11H2,1H3,(H,21,22,23,24)/t17-/m1/s1. The number of ether oxygens (including phenoxy) is 1. The molecule has 9 nitrogen and oxygen atoms in total. The Morgan fingerprint density at radius 3 is 2.62 bits per heavy atom. The van der Waals surface area contributed by atoms with E-state index in [0.29, 0.717) is 36.2 Å². The summed E-state index contributed by atoms with van der Waals surface area (Å²) in [7, 11) is -2.13. The van der Waals surface area contributed by atoms with E-state index >= 15 is 0 Å². The maximum atomic E-state index is 13.2. The lowest BCUT2D eigenvalue weighted by atomic mass is 10.2. The fourth-order valence-electron chi connectivity index (χ4n) is 3.29. The number of sulfonamides is 1. The van der Waals surface area contributed by atoms with Crippen molar-refractivity contribution in [3.8, 4) is 5.75 Å². The summed E-state index contributed by atoms with van der Waals surface area (Å²) in [6, 6.07) is 7.73. The van der Waals surface area contributed by atoms with Gasteiger partial charge in [-0.05, 0) is 43.2 Å². The molecule has 0 bridgehead atoms. The Labute approximate surface area is 168 Å². The van der Waals surface area contributed by atoms with Crippen LogP contribution < -0.4 is 10.1 Å². The fourth-order valence-corrected chi connectivity index (χ4v) is 4.96. The Bertz CT molecular complexity index is 1080. The van der Waals surface area contributed by atoms with Crippen molar-refractivity contribution in [1.29, 1.82) is 0 Å². The number of methoxy groups -OCH3 is 1. The minimum atomic E-state index is -3.67. The molecule has 0 amide bonds. The summed E-state index contributed by atoms with van der Waals surface area (Å²) in [6.07, 6.45) is 7.82. The Hall–Kier alpha value is -3.11. The average Bonchev–Trinajstić information content (AvgIpc) is 3.26. The first-order chi connectivity index (χ1) is 14.1. The maximum absolute atomic E-state index is 13.2. The number of benzene rings is 1. The van der Waals surface area contributed by atoms with Crippen LogP contribution in [0, 0.1) is 0 Å². The Morgan fingerprint density at radius 1 is 1.14 bits per heavy atom. The van der Waals surface area contributed by atoms with Crippen LogP contribution in [0.2, 0.25) is 0 Å². The van der Waals surface area contributed by atoms with E-state index < -0.39 is 10.0 Å². The first kappa shape index (κ1) is 19.2. The van der Waals surface area contributed by atoms with Crippen LogP contribution in [0.1, 0.15) is 24.6 Å². The molecule has 1 fully saturated rings. The fraction of sp³-hybridized carbons (Fsp3) is 0.263. The summed E-state index contributed by atoms with van der Waals surface area (Å²) in [5.41, 5.74) is 0.584. The predicted molar refractivity (Wildman–Crippen MR) is 106 cm³/mol. The number of nitrogens with zero attached hydrogens (tertiary/aromatic N) is 5. The van der Waals surface area contributed by atoms with Gasteiger partial charge in [-0.2, -0.15) is 4.31 Å². The topological polar surface area (TPSA) is 110 Å². The van der Waals surface area contributed by atoms with Gasteiger partial charge in [0.15, 0.2) is 5.82 Å². The van der Waals surface area contributed by atoms with E-state index in [1.54, 1.807) is 62.2 Å². The number of rotatable bonds is 6. The number of nitrogens with one attached hydrogen (secondary N) is 1. The summed E-state index contributed by atoms with van der Waals surface area (Å²) < 4.78 is 33.0. The molecule has 3 heterocycles. The van der Waals surface area contributed by atoms with Crippen molar-refractivity contribution in [1.82, 2.24) is 24.2 Å². The van der Waals surface area contributed by atoms with Gasteiger partial charge in [-0.1, -0.05) is 0 Å². The first-order valence-electron chi connectivity index (χ1n) is 9.10. The molecule has 4 rings (SSSR count). The lowest BCUT2D eigenvalue weighted by molar-refractivity contribution is 0.389. The van der Waals surface area contributed by atoms with Crippen LogP contribution in [0.5, 0.6) is 5.75 Å². The van der Waals surface area contributed by atoms with Gasteiger partial charge in [0.25, 0.3) is 0 Å². The predicted octanol–water partition coefficient (Wildman–Crippen LogP) is 2.54. The number of aromatic nitrogens is 4. The normalized spacial score (nSPS) is 17.2. The van der Waals surface area contributed by atoms with E-state index in [-0.39, 0.29) is 10.9 Å². The second-order valence-electron chi connectivity index (χ2n) is 6.48. The van der Waals surface area contributed by atoms with Gasteiger partial charge in [-0.15, -0.1) is 0 Å². The molecule has 29 heavy (non-hydrogen) atoms. The van der Waals surface area contributed by atoms with Crippen LogP contribution in [0.25, 0.3) is 0 Å². The van der Waals surface area contributed by atoms with Crippen molar-refractivity contribution in [2.75, 3.05) is 19.0 Å². The van der Waals surface area contributed by atoms with Gasteiger partial charge in [0.1, 0.15) is 5.75 Å². The molecule has 150 valence electrons. The Balaban J connectivity index is 1.60. The molecule has 10 heteroatoms. The first-order valence-corrected chi connectivity index (χ1v) is 10.5. The summed E-state index contributed by atoms with van der Waals surface area (Å²) in [5.74, 6) is 1.46. The second-order valence-corrected chi connectivity index (χ2v) is 8.37. The molecule has 1 aliphatic rings. The van der Waals surface area contributed by atoms with Gasteiger partial charge in [0.2, 0.25) is 16.0 Å². The van der Waals surface area contributed by atoms with Crippen molar-refractivity contribution < 1.29 is 13.2 Å². The van der Waals surface area contributed by atoms with Gasteiger partial charge >= 0.3 is 0 Å². The average molecular weight is 412 g/mol. The summed E-state index contributed by atoms with van der Waals surface area (Å²) >= 11 is 0. The second kappa shape index (κ2) is 8.10. The van der Waals surface area contributed by atoms with Crippen molar-refractivity contribution in [2.45, 2.75) is 23.8 Å². The third kappa shape index (κ3) is 4.03. The summed E-state index contributed by atoms with van der Waals surface area (Å²) in [6.45, 7) is 0.431. The molecular weight excluding hydrogens is 392 g/mol. The van der Waals surface area contributed by atoms with E-state index in [2.05, 4.69) is 25.3 Å². The molecule has 0 radical (unpaired) electrons. The zero-order valence-corrected chi connectivity index (χ0v) is 16.6. The van der Waals surface area contributed by atoms with Crippen LogP contribution in [-0.4, -0.2) is 46.3 Å². The molecule has 3 aromatic rings. The highest BCUT2D eigenvalue weighted by atomic mass is 32.2. The lowest BCUT2D eigenvalue weighted by Crippen LogP contribution is -2.31. The summed E-state index contributed by atoms with van der Waals surface area (Å²) in [4.78, 5) is 17.2. The highest BCUT2D eigenvalue weighted by molar-refractivity contribution is 7.89. The molecular formula is C19H20N6O3S. The molecule has 1 saturated heterocycles. The maximum Gasteiger partial charge on any atom is 0.243 e. The van der Waals surface area contributed by atoms with Crippen LogP contribution in [0.3, 0.4) is 0 Å².